The first kappa shape index (κ1) is 26.6. The topological polar surface area (TPSA) is 66.3 Å². The Morgan fingerprint density at radius 2 is 1.76 bits per heavy atom. The predicted octanol–water partition coefficient (Wildman–Crippen LogP) is 4.05. The molecule has 1 aromatic heterocycles. The van der Waals surface area contributed by atoms with Crippen LogP contribution in [0.15, 0.2) is 60.5 Å². The number of rotatable bonds is 6. The van der Waals surface area contributed by atoms with Crippen molar-refractivity contribution in [2.75, 3.05) is 26.2 Å². The van der Waals surface area contributed by atoms with Crippen LogP contribution < -0.4 is 5.43 Å². The normalized spacial score (nSPS) is 20.1. The summed E-state index contributed by atoms with van der Waals surface area (Å²) in [5, 5.41) is 5.68. The molecule has 7 nitrogen and oxygen atoms in total. The first-order valence-corrected chi connectivity index (χ1v) is 11.5. The summed E-state index contributed by atoms with van der Waals surface area (Å²) >= 11 is 0. The molecule has 4 rings (SSSR count). The standard InChI is InChI=1S/C24H24F6N6O/c25-23(26,27)19-12-18(13-20(14-19)24(28,29)30)22-31-16-36(33-22)7-6-21(37)32-35-10-8-34(9-11-35)15-17-4-2-1-3-5-17/h1-7,12-13,16,19H,8-11,14-15H2,(H,32,37)/b7-6-. The van der Waals surface area contributed by atoms with E-state index >= 15 is 0 Å². The molecule has 0 radical (unpaired) electrons. The SMILES string of the molecule is O=C(/C=C\n1cnc(C2=CC(C(F)(F)F)CC(C(F)(F)F)=C2)n1)NN1CCN(Cc2ccccc2)CC1. The molecule has 0 saturated carbocycles. The maximum atomic E-state index is 13.2. The van der Waals surface area contributed by atoms with Crippen molar-refractivity contribution in [1.82, 2.24) is 30.1 Å². The number of allylic oxidation sites excluding steroid dienone is 4. The lowest BCUT2D eigenvalue weighted by molar-refractivity contribution is -0.165. The van der Waals surface area contributed by atoms with Crippen molar-refractivity contribution in [3.8, 4) is 0 Å². The van der Waals surface area contributed by atoms with Crippen LogP contribution in [0.3, 0.4) is 0 Å². The van der Waals surface area contributed by atoms with Crippen molar-refractivity contribution in [1.29, 1.82) is 0 Å². The Kier molecular flexibility index (Phi) is 7.83. The zero-order valence-electron chi connectivity index (χ0n) is 19.5. The van der Waals surface area contributed by atoms with Crippen molar-refractivity contribution in [2.24, 2.45) is 5.92 Å². The second kappa shape index (κ2) is 10.9. The molecule has 1 aromatic carbocycles. The first-order chi connectivity index (χ1) is 17.5. The Morgan fingerprint density at radius 3 is 2.41 bits per heavy atom. The van der Waals surface area contributed by atoms with Gasteiger partial charge in [0.15, 0.2) is 5.82 Å². The summed E-state index contributed by atoms with van der Waals surface area (Å²) in [5.41, 5.74) is 2.26. The van der Waals surface area contributed by atoms with Gasteiger partial charge in [-0.05, 0) is 18.1 Å². The number of benzene rings is 1. The van der Waals surface area contributed by atoms with Gasteiger partial charge in [0, 0.05) is 56.1 Å². The van der Waals surface area contributed by atoms with Gasteiger partial charge >= 0.3 is 12.4 Å². The lowest BCUT2D eigenvalue weighted by Crippen LogP contribution is -2.52. The highest BCUT2D eigenvalue weighted by molar-refractivity contribution is 5.89. The molecule has 0 spiro atoms. The van der Waals surface area contributed by atoms with Gasteiger partial charge in [0.1, 0.15) is 6.33 Å². The van der Waals surface area contributed by atoms with Crippen LogP contribution in [0.25, 0.3) is 11.8 Å². The maximum Gasteiger partial charge on any atom is 0.412 e. The van der Waals surface area contributed by atoms with Crippen molar-refractivity contribution in [2.45, 2.75) is 25.3 Å². The number of amides is 1. The summed E-state index contributed by atoms with van der Waals surface area (Å²) in [6.07, 6.45) is -6.17. The van der Waals surface area contributed by atoms with Crippen LogP contribution in [-0.4, -0.2) is 69.1 Å². The minimum Gasteiger partial charge on any atom is -0.296 e. The minimum atomic E-state index is -4.91. The van der Waals surface area contributed by atoms with E-state index in [1.54, 1.807) is 5.01 Å². The molecule has 1 N–H and O–H groups in total. The highest BCUT2D eigenvalue weighted by atomic mass is 19.4. The lowest BCUT2D eigenvalue weighted by atomic mass is 9.89. The first-order valence-electron chi connectivity index (χ1n) is 11.5. The number of carbonyl (C=O) groups excluding carboxylic acids is 1. The van der Waals surface area contributed by atoms with Gasteiger partial charge in [0.2, 0.25) is 0 Å². The van der Waals surface area contributed by atoms with Gasteiger partial charge in [-0.2, -0.15) is 26.3 Å². The Labute approximate surface area is 208 Å². The smallest absolute Gasteiger partial charge is 0.296 e. The number of carbonyl (C=O) groups is 1. The van der Waals surface area contributed by atoms with Gasteiger partial charge in [-0.25, -0.2) is 14.7 Å². The molecule has 2 aromatic rings. The third kappa shape index (κ3) is 7.29. The summed E-state index contributed by atoms with van der Waals surface area (Å²) in [6.45, 7) is 3.56. The summed E-state index contributed by atoms with van der Waals surface area (Å²) in [7, 11) is 0. The summed E-state index contributed by atoms with van der Waals surface area (Å²) in [4.78, 5) is 18.4. The van der Waals surface area contributed by atoms with E-state index in [1.807, 2.05) is 18.2 Å². The van der Waals surface area contributed by atoms with Crippen LogP contribution in [0.1, 0.15) is 17.8 Å². The number of halogens is 6. The zero-order valence-corrected chi connectivity index (χ0v) is 19.5. The largest absolute Gasteiger partial charge is 0.412 e. The Balaban J connectivity index is 1.33. The number of hydrogen-bond donors (Lipinski definition) is 1. The van der Waals surface area contributed by atoms with Gasteiger partial charge in [-0.15, -0.1) is 5.10 Å². The van der Waals surface area contributed by atoms with Crippen LogP contribution in [0.2, 0.25) is 0 Å². The molecule has 1 amide bonds. The van der Waals surface area contributed by atoms with Crippen molar-refractivity contribution < 1.29 is 31.1 Å². The average Bonchev–Trinajstić information content (AvgIpc) is 3.33. The van der Waals surface area contributed by atoms with E-state index in [2.05, 4.69) is 32.5 Å². The van der Waals surface area contributed by atoms with Gasteiger partial charge in [-0.1, -0.05) is 36.4 Å². The average molecular weight is 526 g/mol. The molecule has 1 saturated heterocycles. The number of alkyl halides is 6. The van der Waals surface area contributed by atoms with E-state index in [9.17, 15) is 31.1 Å². The Bertz CT molecular complexity index is 1180. The molecule has 1 fully saturated rings. The number of piperazine rings is 1. The Hall–Kier alpha value is -3.45. The van der Waals surface area contributed by atoms with Gasteiger partial charge in [-0.3, -0.25) is 15.1 Å². The summed E-state index contributed by atoms with van der Waals surface area (Å²) in [5.74, 6) is -3.07. The molecule has 0 bridgehead atoms. The number of nitrogens with zero attached hydrogens (tertiary/aromatic N) is 5. The molecule has 1 aliphatic carbocycles. The van der Waals surface area contributed by atoms with E-state index < -0.39 is 36.2 Å². The van der Waals surface area contributed by atoms with E-state index in [0.29, 0.717) is 25.2 Å². The molecule has 37 heavy (non-hydrogen) atoms. The van der Waals surface area contributed by atoms with Crippen molar-refractivity contribution in [3.05, 3.63) is 71.8 Å². The fourth-order valence-corrected chi connectivity index (χ4v) is 4.03. The van der Waals surface area contributed by atoms with E-state index in [-0.39, 0.29) is 11.4 Å². The van der Waals surface area contributed by atoms with E-state index in [1.165, 1.54) is 11.8 Å². The molecule has 1 unspecified atom stereocenters. The fraction of sp³-hybridized carbons (Fsp3) is 0.375. The van der Waals surface area contributed by atoms with E-state index in [0.717, 1.165) is 36.7 Å². The van der Waals surface area contributed by atoms with Crippen LogP contribution in [0, 0.1) is 5.92 Å². The second-order valence-electron chi connectivity index (χ2n) is 8.73. The third-order valence-corrected chi connectivity index (χ3v) is 5.97. The van der Waals surface area contributed by atoms with Crippen LogP contribution in [0.4, 0.5) is 26.3 Å². The second-order valence-corrected chi connectivity index (χ2v) is 8.73. The molecular weight excluding hydrogens is 502 g/mol. The molecule has 2 heterocycles. The lowest BCUT2D eigenvalue weighted by Gasteiger charge is -2.34. The molecule has 1 atom stereocenters. The number of hydrazine groups is 1. The van der Waals surface area contributed by atoms with Crippen LogP contribution >= 0.6 is 0 Å². The van der Waals surface area contributed by atoms with Crippen molar-refractivity contribution in [3.63, 3.8) is 0 Å². The predicted molar refractivity (Wildman–Crippen MR) is 123 cm³/mol. The summed E-state index contributed by atoms with van der Waals surface area (Å²) in [6, 6.07) is 10.0. The maximum absolute atomic E-state index is 13.2. The van der Waals surface area contributed by atoms with Crippen molar-refractivity contribution >= 4 is 17.7 Å². The number of nitrogens with one attached hydrogen (secondary N) is 1. The van der Waals surface area contributed by atoms with Crippen LogP contribution in [0.5, 0.6) is 0 Å². The quantitative estimate of drug-likeness (QED) is 0.455. The fourth-order valence-electron chi connectivity index (χ4n) is 4.03. The molecule has 13 heteroatoms. The van der Waals surface area contributed by atoms with Crippen LogP contribution in [-0.2, 0) is 11.3 Å². The summed E-state index contributed by atoms with van der Waals surface area (Å²) < 4.78 is 80.0. The third-order valence-electron chi connectivity index (χ3n) is 5.97. The number of hydrogen-bond acceptors (Lipinski definition) is 5. The minimum absolute atomic E-state index is 0.310. The number of aromatic nitrogens is 3. The molecular formula is C24H24F6N6O. The van der Waals surface area contributed by atoms with Gasteiger partial charge < -0.3 is 0 Å². The molecule has 2 aliphatic rings. The molecule has 198 valence electrons. The van der Waals surface area contributed by atoms with E-state index in [4.69, 9.17) is 0 Å². The van der Waals surface area contributed by atoms with Gasteiger partial charge in [0.05, 0.1) is 5.92 Å². The van der Waals surface area contributed by atoms with Gasteiger partial charge in [0.25, 0.3) is 5.91 Å². The molecule has 1 aliphatic heterocycles. The highest BCUT2D eigenvalue weighted by Gasteiger charge is 2.45. The monoisotopic (exact) mass is 526 g/mol. The highest BCUT2D eigenvalue weighted by Crippen LogP contribution is 2.42. The Morgan fingerprint density at radius 1 is 1.05 bits per heavy atom. The zero-order chi connectivity index (χ0) is 26.6.